The van der Waals surface area contributed by atoms with Gasteiger partial charge in [-0.3, -0.25) is 0 Å². The van der Waals surface area contributed by atoms with Gasteiger partial charge in [0.25, 0.3) is 0 Å². The highest BCUT2D eigenvalue weighted by Crippen LogP contribution is 2.39. The molecule has 2 heterocycles. The van der Waals surface area contributed by atoms with Gasteiger partial charge >= 0.3 is 11.9 Å². The summed E-state index contributed by atoms with van der Waals surface area (Å²) in [7, 11) is 2.62. The zero-order valence-corrected chi connectivity index (χ0v) is 25.1. The molecule has 4 rings (SSSR count). The van der Waals surface area contributed by atoms with Crippen LogP contribution in [-0.4, -0.2) is 142 Å². The summed E-state index contributed by atoms with van der Waals surface area (Å²) in [5.41, 5.74) is 0.379. The Labute approximate surface area is 267 Å². The van der Waals surface area contributed by atoms with Crippen molar-refractivity contribution in [3.05, 3.63) is 53.6 Å². The molecule has 2 fully saturated rings. The van der Waals surface area contributed by atoms with E-state index in [4.69, 9.17) is 33.2 Å². The van der Waals surface area contributed by atoms with Crippen molar-refractivity contribution in [1.82, 2.24) is 0 Å². The van der Waals surface area contributed by atoms with Crippen molar-refractivity contribution < 1.29 is 83.6 Å². The van der Waals surface area contributed by atoms with Crippen LogP contribution in [0.5, 0.6) is 23.0 Å². The van der Waals surface area contributed by atoms with Gasteiger partial charge < -0.3 is 74.0 Å². The van der Waals surface area contributed by atoms with Crippen molar-refractivity contribution >= 4 is 18.0 Å². The predicted molar refractivity (Wildman–Crippen MR) is 154 cm³/mol. The largest absolute Gasteiger partial charge is 0.508 e. The normalized spacial score (nSPS) is 30.6. The van der Waals surface area contributed by atoms with Crippen LogP contribution >= 0.6 is 0 Å². The van der Waals surface area contributed by atoms with E-state index in [0.29, 0.717) is 5.56 Å². The van der Waals surface area contributed by atoms with Crippen molar-refractivity contribution in [3.63, 3.8) is 0 Å². The molecule has 0 aromatic heterocycles. The first-order valence-corrected chi connectivity index (χ1v) is 14.1. The molecule has 2 aliphatic rings. The van der Waals surface area contributed by atoms with E-state index < -0.39 is 86.6 Å². The second kappa shape index (κ2) is 15.2. The standard InChI is InChI=1S/C30H36O17/c1-41-17-9-14(10-18(42-2)22(17)35)3-8-21(34)45-27-24(37)19(11-31)46-30(27,13-32)47-29-26(39)25(38)23(36)20(44-29)12-43-28(40)15-4-6-16(33)7-5-15/h3-10,19-20,23-27,29,31-33,35-39H,11-13H2,1-2H3/b8-3+/t19-,20-,23-,24-,25+,26-,27+,29-,30-/m1/s1. The number of hydrogen-bond donors (Lipinski definition) is 8. The van der Waals surface area contributed by atoms with E-state index in [0.717, 1.165) is 6.08 Å². The number of rotatable bonds is 12. The summed E-state index contributed by atoms with van der Waals surface area (Å²) in [6.45, 7) is -2.62. The zero-order valence-electron chi connectivity index (χ0n) is 25.1. The van der Waals surface area contributed by atoms with Gasteiger partial charge in [-0.2, -0.15) is 0 Å². The Bertz CT molecular complexity index is 1390. The average Bonchev–Trinajstić information content (AvgIpc) is 3.33. The number of ether oxygens (including phenoxy) is 7. The summed E-state index contributed by atoms with van der Waals surface area (Å²) in [4.78, 5) is 25.3. The number of phenolic OH excluding ortho intramolecular Hbond substituents is 2. The molecule has 0 aliphatic carbocycles. The number of benzene rings is 2. The van der Waals surface area contributed by atoms with Gasteiger partial charge in [0.2, 0.25) is 11.5 Å². The molecule has 17 heteroatoms. The van der Waals surface area contributed by atoms with Crippen LogP contribution in [0.25, 0.3) is 6.08 Å². The van der Waals surface area contributed by atoms with E-state index in [2.05, 4.69) is 0 Å². The molecule has 2 aliphatic heterocycles. The van der Waals surface area contributed by atoms with E-state index in [9.17, 15) is 50.4 Å². The molecule has 2 aromatic carbocycles. The molecule has 17 nitrogen and oxygen atoms in total. The van der Waals surface area contributed by atoms with Crippen molar-refractivity contribution in [2.45, 2.75) is 54.8 Å². The molecule has 0 amide bonds. The molecule has 0 saturated carbocycles. The molecule has 0 spiro atoms. The van der Waals surface area contributed by atoms with E-state index in [-0.39, 0.29) is 28.6 Å². The van der Waals surface area contributed by atoms with Gasteiger partial charge in [-0.05, 0) is 48.0 Å². The number of hydrogen-bond acceptors (Lipinski definition) is 17. The van der Waals surface area contributed by atoms with Crippen LogP contribution in [-0.2, 0) is 28.5 Å². The van der Waals surface area contributed by atoms with Crippen LogP contribution in [0.3, 0.4) is 0 Å². The monoisotopic (exact) mass is 668 g/mol. The molecule has 0 unspecified atom stereocenters. The fraction of sp³-hybridized carbons (Fsp3) is 0.467. The fourth-order valence-electron chi connectivity index (χ4n) is 4.94. The van der Waals surface area contributed by atoms with Gasteiger partial charge in [-0.25, -0.2) is 9.59 Å². The Kier molecular flexibility index (Phi) is 11.6. The van der Waals surface area contributed by atoms with E-state index in [1.807, 2.05) is 0 Å². The lowest BCUT2D eigenvalue weighted by Gasteiger charge is -2.43. The van der Waals surface area contributed by atoms with Gasteiger partial charge in [0.15, 0.2) is 23.9 Å². The van der Waals surface area contributed by atoms with Crippen LogP contribution < -0.4 is 9.47 Å². The minimum absolute atomic E-state index is 0.0437. The number of carbonyl (C=O) groups is 2. The summed E-state index contributed by atoms with van der Waals surface area (Å²) in [5, 5.41) is 82.1. The molecule has 0 radical (unpaired) electrons. The van der Waals surface area contributed by atoms with Crippen molar-refractivity contribution in [1.29, 1.82) is 0 Å². The topological polar surface area (TPSA) is 261 Å². The van der Waals surface area contributed by atoms with E-state index in [1.54, 1.807) is 0 Å². The third-order valence-electron chi connectivity index (χ3n) is 7.50. The first-order valence-electron chi connectivity index (χ1n) is 14.1. The third kappa shape index (κ3) is 7.75. The lowest BCUT2D eigenvalue weighted by molar-refractivity contribution is -0.383. The highest BCUT2D eigenvalue weighted by atomic mass is 16.8. The van der Waals surface area contributed by atoms with Gasteiger partial charge in [-0.15, -0.1) is 0 Å². The van der Waals surface area contributed by atoms with Crippen LogP contribution in [0.15, 0.2) is 42.5 Å². The van der Waals surface area contributed by atoms with Gasteiger partial charge in [0.1, 0.15) is 55.6 Å². The Morgan fingerprint density at radius 1 is 0.894 bits per heavy atom. The SMILES string of the molecule is COc1cc(/C=C/C(=O)O[C@H]2[C@H](O)[C@@H](CO)O[C@]2(CO)O[C@H]2O[C@H](COC(=O)c3ccc(O)cc3)[C@@H](O)[C@H](O)[C@H]2O)cc(OC)c1O. The maximum absolute atomic E-state index is 12.9. The van der Waals surface area contributed by atoms with E-state index >= 15 is 0 Å². The zero-order chi connectivity index (χ0) is 34.5. The second-order valence-corrected chi connectivity index (χ2v) is 10.5. The number of aliphatic hydroxyl groups excluding tert-OH is 6. The summed E-state index contributed by atoms with van der Waals surface area (Å²) >= 11 is 0. The molecule has 2 saturated heterocycles. The molecule has 47 heavy (non-hydrogen) atoms. The number of aliphatic hydroxyl groups is 6. The quantitative estimate of drug-likeness (QED) is 0.0913. The second-order valence-electron chi connectivity index (χ2n) is 10.5. The Hall–Kier alpha value is -4.04. The van der Waals surface area contributed by atoms with Crippen molar-refractivity contribution in [2.24, 2.45) is 0 Å². The minimum Gasteiger partial charge on any atom is -0.508 e. The Morgan fingerprint density at radius 3 is 2.11 bits per heavy atom. The smallest absolute Gasteiger partial charge is 0.338 e. The highest BCUT2D eigenvalue weighted by molar-refractivity contribution is 5.89. The lowest BCUT2D eigenvalue weighted by Crippen LogP contribution is -2.63. The maximum atomic E-state index is 12.9. The van der Waals surface area contributed by atoms with E-state index in [1.165, 1.54) is 56.7 Å². The molecule has 8 N–H and O–H groups in total. The number of phenols is 2. The van der Waals surface area contributed by atoms with Crippen LogP contribution in [0.2, 0.25) is 0 Å². The average molecular weight is 669 g/mol. The van der Waals surface area contributed by atoms with Crippen LogP contribution in [0, 0.1) is 0 Å². The van der Waals surface area contributed by atoms with Crippen molar-refractivity contribution in [2.75, 3.05) is 34.0 Å². The predicted octanol–water partition coefficient (Wildman–Crippen LogP) is -1.84. The summed E-state index contributed by atoms with van der Waals surface area (Å²) in [6.07, 6.45) is -12.1. The Balaban J connectivity index is 1.51. The van der Waals surface area contributed by atoms with Crippen molar-refractivity contribution in [3.8, 4) is 23.0 Å². The number of carbonyl (C=O) groups excluding carboxylic acids is 2. The first-order chi connectivity index (χ1) is 22.4. The van der Waals surface area contributed by atoms with Crippen LogP contribution in [0.4, 0.5) is 0 Å². The van der Waals surface area contributed by atoms with Gasteiger partial charge in [-0.1, -0.05) is 0 Å². The molecule has 2 aromatic rings. The molecular formula is C30H36O17. The molecular weight excluding hydrogens is 632 g/mol. The molecule has 0 bridgehead atoms. The van der Waals surface area contributed by atoms with Gasteiger partial charge in [0.05, 0.1) is 26.4 Å². The lowest BCUT2D eigenvalue weighted by atomic mass is 9.98. The molecule has 258 valence electrons. The first kappa shape index (κ1) is 35.8. The summed E-state index contributed by atoms with van der Waals surface area (Å²) in [6, 6.07) is 7.83. The number of esters is 2. The van der Waals surface area contributed by atoms with Gasteiger partial charge in [0, 0.05) is 6.08 Å². The summed E-state index contributed by atoms with van der Waals surface area (Å²) < 4.78 is 37.5. The third-order valence-corrected chi connectivity index (χ3v) is 7.50. The molecule has 9 atom stereocenters. The maximum Gasteiger partial charge on any atom is 0.338 e. The summed E-state index contributed by atoms with van der Waals surface area (Å²) in [5.74, 6) is -4.73. The van der Waals surface area contributed by atoms with Crippen LogP contribution in [0.1, 0.15) is 15.9 Å². The Morgan fingerprint density at radius 2 is 1.53 bits per heavy atom. The fourth-order valence-corrected chi connectivity index (χ4v) is 4.94. The number of aromatic hydroxyl groups is 2. The minimum atomic E-state index is -2.48. The number of methoxy groups -OCH3 is 2. The highest BCUT2D eigenvalue weighted by Gasteiger charge is 2.60.